The Hall–Kier alpha value is -3.06. The first-order chi connectivity index (χ1) is 12.3. The van der Waals surface area contributed by atoms with E-state index in [1.807, 2.05) is 63.2 Å². The third kappa shape index (κ3) is 4.31. The largest absolute Gasteiger partial charge is 0.360 e. The standard InChI is InChI=1S/C22H25N3O/c1-14(2)19-11-7-10-17(5)21(19)25-22(26)18(12-23)13-24-20-15(3)8-6-9-16(20)4/h6-11,13-14,24H,1-5H3,(H,25,26)/b18-13-. The van der Waals surface area contributed by atoms with E-state index in [1.165, 1.54) is 6.20 Å². The molecule has 0 heterocycles. The lowest BCUT2D eigenvalue weighted by Gasteiger charge is -2.16. The molecular formula is C22H25N3O. The fourth-order valence-corrected chi connectivity index (χ4v) is 2.86. The third-order valence-electron chi connectivity index (χ3n) is 4.37. The Morgan fingerprint density at radius 2 is 1.54 bits per heavy atom. The SMILES string of the molecule is Cc1cccc(C)c1N/C=C(/C#N)C(=O)Nc1c(C)cccc1C(C)C. The van der Waals surface area contributed by atoms with Crippen molar-refractivity contribution >= 4 is 17.3 Å². The van der Waals surface area contributed by atoms with E-state index >= 15 is 0 Å². The molecule has 134 valence electrons. The fourth-order valence-electron chi connectivity index (χ4n) is 2.86. The summed E-state index contributed by atoms with van der Waals surface area (Å²) in [5, 5.41) is 15.4. The summed E-state index contributed by atoms with van der Waals surface area (Å²) in [7, 11) is 0. The molecule has 0 fully saturated rings. The number of nitrogens with one attached hydrogen (secondary N) is 2. The van der Waals surface area contributed by atoms with Gasteiger partial charge < -0.3 is 10.6 Å². The van der Waals surface area contributed by atoms with Crippen molar-refractivity contribution in [2.75, 3.05) is 10.6 Å². The summed E-state index contributed by atoms with van der Waals surface area (Å²) in [4.78, 5) is 12.6. The Morgan fingerprint density at radius 3 is 2.08 bits per heavy atom. The first-order valence-corrected chi connectivity index (χ1v) is 8.69. The molecule has 0 atom stereocenters. The van der Waals surface area contributed by atoms with Gasteiger partial charge in [-0.05, 0) is 48.9 Å². The van der Waals surface area contributed by atoms with Gasteiger partial charge in [0.25, 0.3) is 5.91 Å². The Balaban J connectivity index is 2.27. The van der Waals surface area contributed by atoms with Gasteiger partial charge in [-0.15, -0.1) is 0 Å². The van der Waals surface area contributed by atoms with Crippen molar-refractivity contribution in [1.82, 2.24) is 0 Å². The van der Waals surface area contributed by atoms with E-state index in [1.54, 1.807) is 0 Å². The van der Waals surface area contributed by atoms with Gasteiger partial charge in [0.2, 0.25) is 0 Å². The van der Waals surface area contributed by atoms with Gasteiger partial charge in [0, 0.05) is 17.6 Å². The first-order valence-electron chi connectivity index (χ1n) is 8.69. The lowest BCUT2D eigenvalue weighted by atomic mass is 9.98. The lowest BCUT2D eigenvalue weighted by molar-refractivity contribution is -0.112. The van der Waals surface area contributed by atoms with E-state index in [2.05, 4.69) is 24.5 Å². The lowest BCUT2D eigenvalue weighted by Crippen LogP contribution is -2.17. The Bertz CT molecular complexity index is 868. The molecule has 0 saturated carbocycles. The molecule has 0 radical (unpaired) electrons. The monoisotopic (exact) mass is 347 g/mol. The van der Waals surface area contributed by atoms with Crippen LogP contribution < -0.4 is 10.6 Å². The summed E-state index contributed by atoms with van der Waals surface area (Å²) in [6.45, 7) is 10.1. The number of amides is 1. The van der Waals surface area contributed by atoms with Crippen LogP contribution in [0.5, 0.6) is 0 Å². The minimum atomic E-state index is -0.414. The van der Waals surface area contributed by atoms with Gasteiger partial charge in [-0.25, -0.2) is 0 Å². The van der Waals surface area contributed by atoms with Gasteiger partial charge in [0.15, 0.2) is 0 Å². The van der Waals surface area contributed by atoms with Crippen LogP contribution >= 0.6 is 0 Å². The average molecular weight is 347 g/mol. The number of para-hydroxylation sites is 2. The fraction of sp³-hybridized carbons (Fsp3) is 0.273. The quantitative estimate of drug-likeness (QED) is 0.577. The summed E-state index contributed by atoms with van der Waals surface area (Å²) in [6.07, 6.45) is 1.47. The van der Waals surface area contributed by atoms with E-state index in [9.17, 15) is 10.1 Å². The van der Waals surface area contributed by atoms with Crippen molar-refractivity contribution in [3.63, 3.8) is 0 Å². The normalized spacial score (nSPS) is 11.2. The number of benzene rings is 2. The number of hydrogen-bond acceptors (Lipinski definition) is 3. The van der Waals surface area contributed by atoms with Gasteiger partial charge in [0.05, 0.1) is 0 Å². The number of carbonyl (C=O) groups is 1. The summed E-state index contributed by atoms with van der Waals surface area (Å²) in [6, 6.07) is 13.9. The van der Waals surface area contributed by atoms with Crippen molar-refractivity contribution in [2.45, 2.75) is 40.5 Å². The van der Waals surface area contributed by atoms with Crippen LogP contribution in [-0.2, 0) is 4.79 Å². The van der Waals surface area contributed by atoms with Crippen molar-refractivity contribution < 1.29 is 4.79 Å². The Labute approximate surface area is 155 Å². The zero-order chi connectivity index (χ0) is 19.3. The minimum absolute atomic E-state index is 0.0330. The number of carbonyl (C=O) groups excluding carboxylic acids is 1. The Morgan fingerprint density at radius 1 is 1.00 bits per heavy atom. The van der Waals surface area contributed by atoms with Crippen molar-refractivity contribution in [3.8, 4) is 6.07 Å². The number of aryl methyl sites for hydroxylation is 3. The highest BCUT2D eigenvalue weighted by Gasteiger charge is 2.15. The molecule has 2 rings (SSSR count). The van der Waals surface area contributed by atoms with E-state index < -0.39 is 5.91 Å². The third-order valence-corrected chi connectivity index (χ3v) is 4.37. The maximum Gasteiger partial charge on any atom is 0.267 e. The molecule has 2 N–H and O–H groups in total. The zero-order valence-electron chi connectivity index (χ0n) is 16.0. The van der Waals surface area contributed by atoms with E-state index in [4.69, 9.17) is 0 Å². The highest BCUT2D eigenvalue weighted by molar-refractivity contribution is 6.07. The molecule has 0 aliphatic carbocycles. The second kappa shape index (κ2) is 8.35. The minimum Gasteiger partial charge on any atom is -0.360 e. The van der Waals surface area contributed by atoms with Crippen LogP contribution in [0.3, 0.4) is 0 Å². The van der Waals surface area contributed by atoms with E-state index in [-0.39, 0.29) is 11.5 Å². The highest BCUT2D eigenvalue weighted by Crippen LogP contribution is 2.28. The van der Waals surface area contributed by atoms with Gasteiger partial charge in [-0.1, -0.05) is 50.2 Å². The first kappa shape index (κ1) is 19.3. The van der Waals surface area contributed by atoms with Gasteiger partial charge in [-0.2, -0.15) is 5.26 Å². The van der Waals surface area contributed by atoms with Crippen LogP contribution in [0.4, 0.5) is 11.4 Å². The number of anilines is 2. The molecule has 0 aromatic heterocycles. The van der Waals surface area contributed by atoms with Crippen LogP contribution in [-0.4, -0.2) is 5.91 Å². The number of hydrogen-bond donors (Lipinski definition) is 2. The molecule has 1 amide bonds. The molecule has 0 aliphatic rings. The molecule has 0 unspecified atom stereocenters. The molecule has 26 heavy (non-hydrogen) atoms. The van der Waals surface area contributed by atoms with E-state index in [0.717, 1.165) is 33.6 Å². The molecular weight excluding hydrogens is 322 g/mol. The number of rotatable bonds is 5. The second-order valence-corrected chi connectivity index (χ2v) is 6.73. The van der Waals surface area contributed by atoms with Crippen molar-refractivity contribution in [3.05, 3.63) is 70.4 Å². The van der Waals surface area contributed by atoms with Crippen LogP contribution in [0.25, 0.3) is 0 Å². The topological polar surface area (TPSA) is 64.9 Å². The summed E-state index contributed by atoms with van der Waals surface area (Å²) >= 11 is 0. The van der Waals surface area contributed by atoms with Crippen LogP contribution in [0.15, 0.2) is 48.2 Å². The van der Waals surface area contributed by atoms with E-state index in [0.29, 0.717) is 0 Å². The zero-order valence-corrected chi connectivity index (χ0v) is 16.0. The second-order valence-electron chi connectivity index (χ2n) is 6.73. The van der Waals surface area contributed by atoms with Crippen LogP contribution in [0, 0.1) is 32.1 Å². The summed E-state index contributed by atoms with van der Waals surface area (Å²) < 4.78 is 0. The predicted octanol–water partition coefficient (Wildman–Crippen LogP) is 5.19. The maximum absolute atomic E-state index is 12.6. The molecule has 0 spiro atoms. The predicted molar refractivity (Wildman–Crippen MR) is 107 cm³/mol. The number of nitriles is 1. The molecule has 0 aliphatic heterocycles. The molecule has 0 bridgehead atoms. The summed E-state index contributed by atoms with van der Waals surface area (Å²) in [5.74, 6) is -0.144. The molecule has 2 aromatic rings. The molecule has 2 aromatic carbocycles. The van der Waals surface area contributed by atoms with Crippen LogP contribution in [0.2, 0.25) is 0 Å². The average Bonchev–Trinajstić information content (AvgIpc) is 2.59. The maximum atomic E-state index is 12.6. The molecule has 0 saturated heterocycles. The van der Waals surface area contributed by atoms with Gasteiger partial charge in [0.1, 0.15) is 11.6 Å². The Kier molecular flexibility index (Phi) is 6.19. The van der Waals surface area contributed by atoms with Gasteiger partial charge in [-0.3, -0.25) is 4.79 Å². The van der Waals surface area contributed by atoms with Crippen LogP contribution in [0.1, 0.15) is 42.0 Å². The van der Waals surface area contributed by atoms with Crippen molar-refractivity contribution in [1.29, 1.82) is 5.26 Å². The highest BCUT2D eigenvalue weighted by atomic mass is 16.1. The van der Waals surface area contributed by atoms with Crippen molar-refractivity contribution in [2.24, 2.45) is 0 Å². The molecule has 4 heteroatoms. The van der Waals surface area contributed by atoms with Gasteiger partial charge >= 0.3 is 0 Å². The molecule has 4 nitrogen and oxygen atoms in total. The number of nitrogens with zero attached hydrogens (tertiary/aromatic N) is 1. The smallest absolute Gasteiger partial charge is 0.267 e. The summed E-state index contributed by atoms with van der Waals surface area (Å²) in [5.41, 5.74) is 5.86.